The van der Waals surface area contributed by atoms with E-state index in [9.17, 15) is 18.4 Å². The first-order valence-corrected chi connectivity index (χ1v) is 10.0. The highest BCUT2D eigenvalue weighted by Crippen LogP contribution is 2.33. The van der Waals surface area contributed by atoms with Crippen LogP contribution in [0.4, 0.5) is 8.78 Å². The number of nitrogens with zero attached hydrogens (tertiary/aromatic N) is 2. The van der Waals surface area contributed by atoms with Crippen molar-refractivity contribution in [1.29, 1.82) is 0 Å². The topological polar surface area (TPSA) is 78.0 Å². The number of fused-ring (bicyclic) bond motifs is 1. The fourth-order valence-corrected chi connectivity index (χ4v) is 3.92. The van der Waals surface area contributed by atoms with Crippen molar-refractivity contribution in [3.8, 4) is 11.5 Å². The van der Waals surface area contributed by atoms with Crippen LogP contribution < -0.4 is 9.47 Å². The Morgan fingerprint density at radius 1 is 1.16 bits per heavy atom. The van der Waals surface area contributed by atoms with Crippen LogP contribution in [-0.4, -0.2) is 48.6 Å². The molecule has 0 aliphatic carbocycles. The molecular formula is C21H20F2N2O5S. The molecule has 7 nitrogen and oxygen atoms in total. The van der Waals surface area contributed by atoms with Crippen molar-refractivity contribution in [1.82, 2.24) is 9.88 Å². The Kier molecular flexibility index (Phi) is 7.01. The molecule has 0 bridgehead atoms. The Labute approximate surface area is 181 Å². The average Bonchev–Trinajstić information content (AvgIpc) is 3.14. The van der Waals surface area contributed by atoms with E-state index in [-0.39, 0.29) is 17.9 Å². The number of benzene rings is 2. The van der Waals surface area contributed by atoms with Gasteiger partial charge in [0.05, 0.1) is 23.9 Å². The van der Waals surface area contributed by atoms with Gasteiger partial charge in [0.1, 0.15) is 10.6 Å². The monoisotopic (exact) mass is 450 g/mol. The lowest BCUT2D eigenvalue weighted by Gasteiger charge is -2.21. The quantitative estimate of drug-likeness (QED) is 0.481. The molecule has 1 heterocycles. The van der Waals surface area contributed by atoms with Gasteiger partial charge in [0.15, 0.2) is 17.6 Å². The van der Waals surface area contributed by atoms with E-state index in [4.69, 9.17) is 9.47 Å². The van der Waals surface area contributed by atoms with E-state index in [1.165, 1.54) is 48.5 Å². The number of hydrogen-bond donors (Lipinski definition) is 0. The number of thiazole rings is 1. The van der Waals surface area contributed by atoms with Crippen LogP contribution in [0.2, 0.25) is 0 Å². The summed E-state index contributed by atoms with van der Waals surface area (Å²) in [6, 6.07) is 11.7. The zero-order chi connectivity index (χ0) is 22.5. The number of likely N-dealkylation sites (N-methyl/N-ethyl adjacent to an activating group) is 1. The maximum Gasteiger partial charge on any atom is 0.387 e. The minimum atomic E-state index is -3.16. The third kappa shape index (κ3) is 5.26. The molecule has 3 rings (SSSR count). The van der Waals surface area contributed by atoms with Crippen molar-refractivity contribution in [2.45, 2.75) is 26.2 Å². The summed E-state index contributed by atoms with van der Waals surface area (Å²) in [5.74, 6) is -1.95. The summed E-state index contributed by atoms with van der Waals surface area (Å²) in [6.45, 7) is -1.52. The van der Waals surface area contributed by atoms with Crippen molar-refractivity contribution in [3.05, 3.63) is 53.0 Å². The van der Waals surface area contributed by atoms with Crippen molar-refractivity contribution in [2.75, 3.05) is 14.2 Å². The molecule has 2 aromatic carbocycles. The second-order valence-electron chi connectivity index (χ2n) is 6.53. The molecule has 1 amide bonds. The second kappa shape index (κ2) is 9.69. The predicted octanol–water partition coefficient (Wildman–Crippen LogP) is 4.11. The maximum absolute atomic E-state index is 12.8. The molecule has 1 unspecified atom stereocenters. The molecule has 0 saturated heterocycles. The largest absolute Gasteiger partial charge is 0.493 e. The van der Waals surface area contributed by atoms with E-state index in [1.807, 2.05) is 24.3 Å². The number of amides is 1. The van der Waals surface area contributed by atoms with Crippen molar-refractivity contribution < 1.29 is 32.6 Å². The number of rotatable bonds is 8. The minimum absolute atomic E-state index is 0.0540. The van der Waals surface area contributed by atoms with Gasteiger partial charge < -0.3 is 19.1 Å². The number of methoxy groups -OCH3 is 1. The van der Waals surface area contributed by atoms with Crippen molar-refractivity contribution in [3.63, 3.8) is 0 Å². The minimum Gasteiger partial charge on any atom is -0.493 e. The molecule has 10 heteroatoms. The summed E-state index contributed by atoms with van der Waals surface area (Å²) in [5.41, 5.74) is 0.570. The summed E-state index contributed by atoms with van der Waals surface area (Å²) in [5, 5.41) is 0.732. The van der Waals surface area contributed by atoms with Gasteiger partial charge in [-0.05, 0) is 31.2 Å². The number of aromatic nitrogens is 1. The maximum atomic E-state index is 12.8. The van der Waals surface area contributed by atoms with Crippen molar-refractivity contribution >= 4 is 33.4 Å². The molecule has 0 saturated carbocycles. The Morgan fingerprint density at radius 3 is 2.58 bits per heavy atom. The molecule has 31 heavy (non-hydrogen) atoms. The fourth-order valence-electron chi connectivity index (χ4n) is 2.90. The zero-order valence-corrected chi connectivity index (χ0v) is 17.8. The van der Waals surface area contributed by atoms with Gasteiger partial charge in [-0.25, -0.2) is 9.78 Å². The third-order valence-electron chi connectivity index (χ3n) is 4.34. The molecule has 1 atom stereocenters. The molecule has 0 radical (unpaired) electrons. The predicted molar refractivity (Wildman–Crippen MR) is 111 cm³/mol. The lowest BCUT2D eigenvalue weighted by atomic mass is 10.2. The third-order valence-corrected chi connectivity index (χ3v) is 5.37. The van der Waals surface area contributed by atoms with Gasteiger partial charge in [0.25, 0.3) is 5.91 Å². The Balaban J connectivity index is 1.69. The molecule has 0 spiro atoms. The van der Waals surface area contributed by atoms with E-state index in [2.05, 4.69) is 9.72 Å². The van der Waals surface area contributed by atoms with Crippen LogP contribution >= 0.6 is 11.3 Å². The van der Waals surface area contributed by atoms with Crippen LogP contribution in [0.3, 0.4) is 0 Å². The standard InChI is InChI=1S/C21H20F2N2O5S/c1-12(19(26)25(2)11-17-24-14-8-4-5-10-16(14)31-17)29-20(27)13-7-6-9-15(28-3)18(13)30-21(22)23/h4-10,12,21H,11H2,1-3H3. The van der Waals surface area contributed by atoms with E-state index < -0.39 is 30.3 Å². The van der Waals surface area contributed by atoms with Gasteiger partial charge in [0, 0.05) is 7.05 Å². The first-order valence-electron chi connectivity index (χ1n) is 9.22. The fraction of sp³-hybridized carbons (Fsp3) is 0.286. The number of carbonyl (C=O) groups excluding carboxylic acids is 2. The molecule has 0 aliphatic rings. The summed E-state index contributed by atoms with van der Waals surface area (Å²) in [6.07, 6.45) is -1.16. The number of halogens is 2. The first-order chi connectivity index (χ1) is 14.8. The molecule has 164 valence electrons. The number of ether oxygens (including phenoxy) is 3. The van der Waals surface area contributed by atoms with Crippen LogP contribution in [0.1, 0.15) is 22.3 Å². The smallest absolute Gasteiger partial charge is 0.387 e. The summed E-state index contributed by atoms with van der Waals surface area (Å²) in [4.78, 5) is 31.1. The van der Waals surface area contributed by atoms with Crippen LogP contribution in [-0.2, 0) is 16.1 Å². The van der Waals surface area contributed by atoms with E-state index >= 15 is 0 Å². The van der Waals surface area contributed by atoms with Gasteiger partial charge in [0.2, 0.25) is 0 Å². The van der Waals surface area contributed by atoms with Crippen LogP contribution in [0, 0.1) is 0 Å². The van der Waals surface area contributed by atoms with Gasteiger partial charge in [-0.3, -0.25) is 4.79 Å². The van der Waals surface area contributed by atoms with Crippen molar-refractivity contribution in [2.24, 2.45) is 0 Å². The Morgan fingerprint density at radius 2 is 1.90 bits per heavy atom. The highest BCUT2D eigenvalue weighted by atomic mass is 32.1. The van der Waals surface area contributed by atoms with Gasteiger partial charge in [-0.1, -0.05) is 18.2 Å². The van der Waals surface area contributed by atoms with Gasteiger partial charge >= 0.3 is 12.6 Å². The highest BCUT2D eigenvalue weighted by Gasteiger charge is 2.27. The van der Waals surface area contributed by atoms with E-state index in [1.54, 1.807) is 7.05 Å². The summed E-state index contributed by atoms with van der Waals surface area (Å²) in [7, 11) is 2.82. The number of carbonyl (C=O) groups is 2. The Hall–Kier alpha value is -3.27. The van der Waals surface area contributed by atoms with Gasteiger partial charge in [-0.2, -0.15) is 8.78 Å². The molecule has 0 aliphatic heterocycles. The molecule has 3 aromatic rings. The summed E-state index contributed by atoms with van der Waals surface area (Å²) >= 11 is 1.46. The highest BCUT2D eigenvalue weighted by molar-refractivity contribution is 7.18. The van der Waals surface area contributed by atoms with Crippen LogP contribution in [0.15, 0.2) is 42.5 Å². The second-order valence-corrected chi connectivity index (χ2v) is 7.65. The lowest BCUT2D eigenvalue weighted by Crippen LogP contribution is -2.37. The number of alkyl halides is 2. The molecule has 0 fully saturated rings. The first kappa shape index (κ1) is 22.4. The number of esters is 1. The van der Waals surface area contributed by atoms with Crippen LogP contribution in [0.25, 0.3) is 10.2 Å². The zero-order valence-electron chi connectivity index (χ0n) is 17.0. The van der Waals surface area contributed by atoms with E-state index in [0.717, 1.165) is 15.2 Å². The normalized spacial score (nSPS) is 11.9. The lowest BCUT2D eigenvalue weighted by molar-refractivity contribution is -0.139. The number of hydrogen-bond acceptors (Lipinski definition) is 7. The number of para-hydroxylation sites is 2. The summed E-state index contributed by atoms with van der Waals surface area (Å²) < 4.78 is 41.1. The molecule has 0 N–H and O–H groups in total. The van der Waals surface area contributed by atoms with Gasteiger partial charge in [-0.15, -0.1) is 11.3 Å². The molecule has 1 aromatic heterocycles. The SMILES string of the molecule is COc1cccc(C(=O)OC(C)C(=O)N(C)Cc2nc3ccccc3s2)c1OC(F)F. The molecular weight excluding hydrogens is 430 g/mol. The Bertz CT molecular complexity index is 1060. The van der Waals surface area contributed by atoms with Crippen LogP contribution in [0.5, 0.6) is 11.5 Å². The van der Waals surface area contributed by atoms with E-state index in [0.29, 0.717) is 0 Å². The average molecular weight is 450 g/mol.